The predicted molar refractivity (Wildman–Crippen MR) is 130 cm³/mol. The highest BCUT2D eigenvalue weighted by molar-refractivity contribution is 7.90. The number of benzene rings is 2. The van der Waals surface area contributed by atoms with E-state index in [9.17, 15) is 18.0 Å². The molecule has 0 aliphatic carbocycles. The van der Waals surface area contributed by atoms with Crippen LogP contribution in [0.4, 0.5) is 5.69 Å². The Morgan fingerprint density at radius 2 is 1.79 bits per heavy atom. The highest BCUT2D eigenvalue weighted by Gasteiger charge is 2.31. The second kappa shape index (κ2) is 9.94. The average Bonchev–Trinajstić information content (AvgIpc) is 3.10. The molecule has 0 saturated carbocycles. The van der Waals surface area contributed by atoms with Gasteiger partial charge in [-0.1, -0.05) is 24.3 Å². The summed E-state index contributed by atoms with van der Waals surface area (Å²) in [5.41, 5.74) is 7.73. The van der Waals surface area contributed by atoms with Crippen molar-refractivity contribution < 1.29 is 18.0 Å². The minimum absolute atomic E-state index is 0.00178. The number of rotatable bonds is 7. The van der Waals surface area contributed by atoms with E-state index in [2.05, 4.69) is 14.6 Å². The van der Waals surface area contributed by atoms with Crippen molar-refractivity contribution in [1.29, 1.82) is 0 Å². The molecule has 0 radical (unpaired) electrons. The molecule has 3 N–H and O–H groups in total. The lowest BCUT2D eigenvalue weighted by Gasteiger charge is -2.30. The second-order valence-electron chi connectivity index (χ2n) is 8.76. The van der Waals surface area contributed by atoms with Crippen LogP contribution in [0.5, 0.6) is 0 Å². The Labute approximate surface area is 199 Å². The van der Waals surface area contributed by atoms with Crippen molar-refractivity contribution in [3.05, 3.63) is 59.7 Å². The van der Waals surface area contributed by atoms with Crippen LogP contribution in [0.15, 0.2) is 57.8 Å². The Morgan fingerprint density at radius 1 is 1.12 bits per heavy atom. The third-order valence-electron chi connectivity index (χ3n) is 6.30. The zero-order chi connectivity index (χ0) is 24.3. The molecule has 2 aliphatic heterocycles. The normalized spacial score (nSPS) is 17.6. The number of nitrogens with one attached hydrogen (secondary N) is 1. The molecule has 2 heterocycles. The molecule has 2 amide bonds. The summed E-state index contributed by atoms with van der Waals surface area (Å²) in [7, 11) is -2.08. The van der Waals surface area contributed by atoms with Gasteiger partial charge in [0.15, 0.2) is 5.84 Å². The minimum atomic E-state index is -3.73. The summed E-state index contributed by atoms with van der Waals surface area (Å²) >= 11 is 0. The van der Waals surface area contributed by atoms with E-state index in [0.29, 0.717) is 11.3 Å². The molecule has 0 unspecified atom stereocenters. The van der Waals surface area contributed by atoms with E-state index >= 15 is 0 Å². The van der Waals surface area contributed by atoms with Gasteiger partial charge in [0.2, 0.25) is 11.8 Å². The SMILES string of the molecule is CN(CC(=O)Nc1ccc(CCN2CCC(C(N)=O)CC2)cc1)C1=NS(=O)(=O)c2ccccc21. The summed E-state index contributed by atoms with van der Waals surface area (Å²) in [4.78, 5) is 27.9. The minimum Gasteiger partial charge on any atom is -0.369 e. The largest absolute Gasteiger partial charge is 0.369 e. The van der Waals surface area contributed by atoms with Gasteiger partial charge in [0.1, 0.15) is 4.90 Å². The number of anilines is 1. The Hall–Kier alpha value is -3.24. The molecule has 0 bridgehead atoms. The van der Waals surface area contributed by atoms with E-state index in [1.165, 1.54) is 11.0 Å². The number of amides is 2. The first-order valence-corrected chi connectivity index (χ1v) is 12.7. The number of primary amides is 1. The van der Waals surface area contributed by atoms with Crippen molar-refractivity contribution in [3.63, 3.8) is 0 Å². The summed E-state index contributed by atoms with van der Waals surface area (Å²) in [6.07, 6.45) is 2.52. The molecule has 34 heavy (non-hydrogen) atoms. The van der Waals surface area contributed by atoms with Gasteiger partial charge in [0, 0.05) is 30.8 Å². The highest BCUT2D eigenvalue weighted by atomic mass is 32.2. The molecule has 0 spiro atoms. The fraction of sp³-hybridized carbons (Fsp3) is 0.375. The van der Waals surface area contributed by atoms with E-state index in [1.807, 2.05) is 24.3 Å². The van der Waals surface area contributed by atoms with Crippen LogP contribution < -0.4 is 11.1 Å². The van der Waals surface area contributed by atoms with Gasteiger partial charge in [-0.2, -0.15) is 8.42 Å². The average molecular weight is 484 g/mol. The maximum absolute atomic E-state index is 12.5. The molecule has 2 aromatic carbocycles. The van der Waals surface area contributed by atoms with E-state index in [-0.39, 0.29) is 35.0 Å². The Balaban J connectivity index is 1.27. The number of hydrogen-bond donors (Lipinski definition) is 2. The van der Waals surface area contributed by atoms with Gasteiger partial charge in [-0.15, -0.1) is 4.40 Å². The first-order chi connectivity index (χ1) is 16.2. The highest BCUT2D eigenvalue weighted by Crippen LogP contribution is 2.27. The first kappa shape index (κ1) is 23.9. The number of likely N-dealkylation sites (tertiary alicyclic amines) is 1. The van der Waals surface area contributed by atoms with Crippen molar-refractivity contribution in [3.8, 4) is 0 Å². The van der Waals surface area contributed by atoms with Gasteiger partial charge in [-0.3, -0.25) is 9.59 Å². The van der Waals surface area contributed by atoms with E-state index < -0.39 is 10.0 Å². The van der Waals surface area contributed by atoms with Gasteiger partial charge in [0.25, 0.3) is 10.0 Å². The molecule has 1 saturated heterocycles. The quantitative estimate of drug-likeness (QED) is 0.614. The van der Waals surface area contributed by atoms with Crippen LogP contribution in [0, 0.1) is 5.92 Å². The third kappa shape index (κ3) is 5.45. The summed E-state index contributed by atoms with van der Waals surface area (Å²) < 4.78 is 28.3. The van der Waals surface area contributed by atoms with Crippen LogP contribution in [-0.2, 0) is 26.0 Å². The number of nitrogens with zero attached hydrogens (tertiary/aromatic N) is 3. The van der Waals surface area contributed by atoms with Crippen molar-refractivity contribution in [2.75, 3.05) is 38.5 Å². The van der Waals surface area contributed by atoms with Gasteiger partial charge >= 0.3 is 0 Å². The summed E-state index contributed by atoms with van der Waals surface area (Å²) in [5.74, 6) is -0.203. The van der Waals surface area contributed by atoms with Crippen LogP contribution in [0.3, 0.4) is 0 Å². The fourth-order valence-corrected chi connectivity index (χ4v) is 5.59. The number of piperidine rings is 1. The second-order valence-corrected chi connectivity index (χ2v) is 10.3. The molecular weight excluding hydrogens is 454 g/mol. The summed E-state index contributed by atoms with van der Waals surface area (Å²) in [5, 5.41) is 2.85. The fourth-order valence-electron chi connectivity index (χ4n) is 4.34. The molecular formula is C24H29N5O4S. The maximum atomic E-state index is 12.5. The molecule has 180 valence electrons. The van der Waals surface area contributed by atoms with Crippen molar-refractivity contribution in [2.24, 2.45) is 16.0 Å². The van der Waals surface area contributed by atoms with E-state index in [1.54, 1.807) is 25.2 Å². The molecule has 2 aromatic rings. The van der Waals surface area contributed by atoms with Gasteiger partial charge in [-0.25, -0.2) is 0 Å². The molecule has 10 heteroatoms. The number of hydrogen-bond acceptors (Lipinski definition) is 6. The van der Waals surface area contributed by atoms with Crippen molar-refractivity contribution >= 4 is 33.4 Å². The predicted octanol–water partition coefficient (Wildman–Crippen LogP) is 1.45. The summed E-state index contributed by atoms with van der Waals surface area (Å²) in [6, 6.07) is 14.3. The lowest BCUT2D eigenvalue weighted by molar-refractivity contribution is -0.123. The maximum Gasteiger partial charge on any atom is 0.285 e. The monoisotopic (exact) mass is 483 g/mol. The molecule has 4 rings (SSSR count). The van der Waals surface area contributed by atoms with Crippen LogP contribution in [0.25, 0.3) is 0 Å². The topological polar surface area (TPSA) is 125 Å². The smallest absolute Gasteiger partial charge is 0.285 e. The number of nitrogens with two attached hydrogens (primary N) is 1. The molecule has 9 nitrogen and oxygen atoms in total. The Kier molecular flexibility index (Phi) is 6.99. The Bertz CT molecular complexity index is 1200. The van der Waals surface area contributed by atoms with Crippen LogP contribution >= 0.6 is 0 Å². The van der Waals surface area contributed by atoms with Gasteiger partial charge in [-0.05, 0) is 62.2 Å². The molecule has 0 atom stereocenters. The molecule has 2 aliphatic rings. The molecule has 0 aromatic heterocycles. The zero-order valence-corrected chi connectivity index (χ0v) is 19.9. The van der Waals surface area contributed by atoms with Crippen LogP contribution in [0.1, 0.15) is 24.0 Å². The van der Waals surface area contributed by atoms with E-state index in [4.69, 9.17) is 5.73 Å². The summed E-state index contributed by atoms with van der Waals surface area (Å²) in [6.45, 7) is 2.64. The number of amidine groups is 1. The lowest BCUT2D eigenvalue weighted by atomic mass is 9.96. The number of carbonyl (C=O) groups is 2. The Morgan fingerprint density at radius 3 is 2.47 bits per heavy atom. The standard InChI is InChI=1S/C24H29N5O4S/c1-28(24-20-4-2-3-5-21(20)34(32,33)27-24)16-22(30)26-19-8-6-17(7-9-19)10-13-29-14-11-18(12-15-29)23(25)31/h2-9,18H,10-16H2,1H3,(H2,25,31)(H,26,30). The van der Waals surface area contributed by atoms with Crippen molar-refractivity contribution in [1.82, 2.24) is 9.80 Å². The van der Waals surface area contributed by atoms with Crippen molar-refractivity contribution in [2.45, 2.75) is 24.2 Å². The van der Waals surface area contributed by atoms with Crippen LogP contribution in [-0.4, -0.2) is 69.1 Å². The number of carbonyl (C=O) groups excluding carboxylic acids is 2. The van der Waals surface area contributed by atoms with Gasteiger partial charge in [0.05, 0.1) is 6.54 Å². The number of likely N-dealkylation sites (N-methyl/N-ethyl adjacent to an activating group) is 1. The lowest BCUT2D eigenvalue weighted by Crippen LogP contribution is -2.39. The zero-order valence-electron chi connectivity index (χ0n) is 19.1. The number of fused-ring (bicyclic) bond motifs is 1. The first-order valence-electron chi connectivity index (χ1n) is 11.3. The molecule has 1 fully saturated rings. The third-order valence-corrected chi connectivity index (χ3v) is 7.62. The van der Waals surface area contributed by atoms with Crippen LogP contribution in [0.2, 0.25) is 0 Å². The van der Waals surface area contributed by atoms with E-state index in [0.717, 1.165) is 44.5 Å². The number of sulfonamides is 1. The van der Waals surface area contributed by atoms with Gasteiger partial charge < -0.3 is 20.9 Å².